The molecule has 0 aliphatic rings. The molecule has 0 bridgehead atoms. The lowest BCUT2D eigenvalue weighted by Gasteiger charge is -2.18. The van der Waals surface area contributed by atoms with Gasteiger partial charge in [-0.1, -0.05) is 17.8 Å². The minimum absolute atomic E-state index is 0.00609. The summed E-state index contributed by atoms with van der Waals surface area (Å²) < 4.78 is 0. The average molecular weight is 270 g/mol. The van der Waals surface area contributed by atoms with Gasteiger partial charge in [-0.25, -0.2) is 0 Å². The number of nitrogen functional groups attached to an aromatic ring is 2. The van der Waals surface area contributed by atoms with E-state index < -0.39 is 12.2 Å². The van der Waals surface area contributed by atoms with E-state index in [-0.39, 0.29) is 5.12 Å². The number of carbonyl (C=O) groups excluding carboxylic acids is 1. The second-order valence-corrected chi connectivity index (χ2v) is 5.30. The molecule has 5 nitrogen and oxygen atoms in total. The van der Waals surface area contributed by atoms with Crippen molar-refractivity contribution < 1.29 is 15.0 Å². The number of aliphatic hydroxyl groups is 2. The van der Waals surface area contributed by atoms with Crippen LogP contribution in [0.2, 0.25) is 0 Å². The summed E-state index contributed by atoms with van der Waals surface area (Å²) in [4.78, 5) is 10.7. The van der Waals surface area contributed by atoms with E-state index in [9.17, 15) is 15.0 Å². The van der Waals surface area contributed by atoms with Crippen LogP contribution in [0, 0.1) is 0 Å². The van der Waals surface area contributed by atoms with Gasteiger partial charge in [0.05, 0.1) is 17.5 Å². The second kappa shape index (κ2) is 6.63. The molecule has 0 aliphatic heterocycles. The first-order valence-electron chi connectivity index (χ1n) is 5.56. The summed E-state index contributed by atoms with van der Waals surface area (Å²) in [5, 5.41) is 19.7. The van der Waals surface area contributed by atoms with Gasteiger partial charge in [-0.15, -0.1) is 0 Å². The largest absolute Gasteiger partial charge is 0.397 e. The number of hydrogen-bond donors (Lipinski definition) is 4. The van der Waals surface area contributed by atoms with Crippen molar-refractivity contribution in [1.29, 1.82) is 0 Å². The summed E-state index contributed by atoms with van der Waals surface area (Å²) in [6.07, 6.45) is -1.63. The third-order valence-electron chi connectivity index (χ3n) is 2.54. The summed E-state index contributed by atoms with van der Waals surface area (Å²) >= 11 is 1.12. The van der Waals surface area contributed by atoms with Gasteiger partial charge >= 0.3 is 0 Å². The van der Waals surface area contributed by atoms with E-state index in [1.165, 1.54) is 6.92 Å². The molecule has 1 aromatic rings. The maximum atomic E-state index is 10.7. The Balaban J connectivity index is 2.59. The number of benzene rings is 1. The van der Waals surface area contributed by atoms with Crippen LogP contribution < -0.4 is 11.5 Å². The Morgan fingerprint density at radius 1 is 1.33 bits per heavy atom. The fraction of sp³-hybridized carbons (Fsp3) is 0.417. The zero-order valence-corrected chi connectivity index (χ0v) is 11.0. The fourth-order valence-electron chi connectivity index (χ4n) is 1.48. The normalized spacial score (nSPS) is 14.2. The van der Waals surface area contributed by atoms with Crippen molar-refractivity contribution in [2.45, 2.75) is 25.6 Å². The van der Waals surface area contributed by atoms with Crippen LogP contribution in [0.4, 0.5) is 11.4 Å². The predicted octanol–water partition coefficient (Wildman–Crippen LogP) is 0.915. The lowest BCUT2D eigenvalue weighted by Crippen LogP contribution is -2.19. The number of nitrogens with two attached hydrogens (primary N) is 2. The number of thioether (sulfide) groups is 1. The first kappa shape index (κ1) is 14.8. The van der Waals surface area contributed by atoms with Crippen LogP contribution in [-0.2, 0) is 4.79 Å². The quantitative estimate of drug-likeness (QED) is 0.592. The summed E-state index contributed by atoms with van der Waals surface area (Å²) in [7, 11) is 0. The van der Waals surface area contributed by atoms with Gasteiger partial charge in [-0.05, 0) is 24.1 Å². The van der Waals surface area contributed by atoms with Crippen molar-refractivity contribution in [3.63, 3.8) is 0 Å². The first-order valence-corrected chi connectivity index (χ1v) is 6.54. The topological polar surface area (TPSA) is 110 Å². The summed E-state index contributed by atoms with van der Waals surface area (Å²) in [6.45, 7) is 1.47. The molecule has 0 aromatic heterocycles. The molecule has 18 heavy (non-hydrogen) atoms. The number of aliphatic hydroxyl groups excluding tert-OH is 2. The molecule has 0 heterocycles. The lowest BCUT2D eigenvalue weighted by atomic mass is 10.0. The van der Waals surface area contributed by atoms with E-state index in [0.29, 0.717) is 29.1 Å². The molecular formula is C12H18N2O3S. The molecule has 0 amide bonds. The zero-order valence-electron chi connectivity index (χ0n) is 10.2. The Kier molecular flexibility index (Phi) is 5.46. The van der Waals surface area contributed by atoms with Gasteiger partial charge in [0.2, 0.25) is 0 Å². The van der Waals surface area contributed by atoms with Gasteiger partial charge < -0.3 is 21.7 Å². The highest BCUT2D eigenvalue weighted by molar-refractivity contribution is 8.13. The number of rotatable bonds is 5. The molecule has 6 heteroatoms. The van der Waals surface area contributed by atoms with Crippen LogP contribution in [0.1, 0.15) is 25.0 Å². The molecule has 0 spiro atoms. The Morgan fingerprint density at radius 3 is 2.56 bits per heavy atom. The number of carbonyl (C=O) groups is 1. The van der Waals surface area contributed by atoms with Crippen LogP contribution in [0.5, 0.6) is 0 Å². The molecule has 1 rings (SSSR count). The molecule has 0 radical (unpaired) electrons. The number of hydrogen-bond acceptors (Lipinski definition) is 6. The standard InChI is InChI=1S/C12H18N2O3S/c1-7(15)18-5-4-11(16)12(17)8-2-3-9(13)10(14)6-8/h2-3,6,11-12,16-17H,4-5,13-14H2,1H3. The summed E-state index contributed by atoms with van der Waals surface area (Å²) in [5.41, 5.74) is 12.5. The monoisotopic (exact) mass is 270 g/mol. The van der Waals surface area contributed by atoms with Crippen molar-refractivity contribution in [3.05, 3.63) is 23.8 Å². The van der Waals surface area contributed by atoms with Crippen LogP contribution >= 0.6 is 11.8 Å². The highest BCUT2D eigenvalue weighted by Gasteiger charge is 2.18. The molecule has 0 fully saturated rings. The maximum Gasteiger partial charge on any atom is 0.185 e. The van der Waals surface area contributed by atoms with Gasteiger partial charge in [0.1, 0.15) is 6.10 Å². The highest BCUT2D eigenvalue weighted by atomic mass is 32.2. The lowest BCUT2D eigenvalue weighted by molar-refractivity contribution is -0.109. The molecule has 0 saturated carbocycles. The van der Waals surface area contributed by atoms with Crippen molar-refractivity contribution >= 4 is 28.3 Å². The Labute approximate surface area is 110 Å². The van der Waals surface area contributed by atoms with Gasteiger partial charge in [-0.3, -0.25) is 4.79 Å². The van der Waals surface area contributed by atoms with Crippen LogP contribution in [0.25, 0.3) is 0 Å². The molecule has 6 N–H and O–H groups in total. The Bertz CT molecular complexity index is 426. The highest BCUT2D eigenvalue weighted by Crippen LogP contribution is 2.25. The van der Waals surface area contributed by atoms with E-state index in [2.05, 4.69) is 0 Å². The van der Waals surface area contributed by atoms with Crippen molar-refractivity contribution in [1.82, 2.24) is 0 Å². The van der Waals surface area contributed by atoms with Crippen molar-refractivity contribution in [2.24, 2.45) is 0 Å². The van der Waals surface area contributed by atoms with Crippen LogP contribution in [0.3, 0.4) is 0 Å². The number of anilines is 2. The smallest absolute Gasteiger partial charge is 0.185 e. The van der Waals surface area contributed by atoms with Crippen molar-refractivity contribution in [2.75, 3.05) is 17.2 Å². The minimum atomic E-state index is -1.03. The van der Waals surface area contributed by atoms with Crippen molar-refractivity contribution in [3.8, 4) is 0 Å². The van der Waals surface area contributed by atoms with Gasteiger partial charge in [0.15, 0.2) is 5.12 Å². The SMILES string of the molecule is CC(=O)SCCC(O)C(O)c1ccc(N)c(N)c1. The molecular weight excluding hydrogens is 252 g/mol. The van der Waals surface area contributed by atoms with Gasteiger partial charge in [-0.2, -0.15) is 0 Å². The third-order valence-corrected chi connectivity index (χ3v) is 3.38. The zero-order chi connectivity index (χ0) is 13.7. The van der Waals surface area contributed by atoms with E-state index >= 15 is 0 Å². The third kappa shape index (κ3) is 4.21. The first-order chi connectivity index (χ1) is 8.41. The minimum Gasteiger partial charge on any atom is -0.397 e. The molecule has 2 unspecified atom stereocenters. The fourth-order valence-corrected chi connectivity index (χ4v) is 2.13. The van der Waals surface area contributed by atoms with Crippen LogP contribution in [0.15, 0.2) is 18.2 Å². The molecule has 1 aromatic carbocycles. The maximum absolute atomic E-state index is 10.7. The summed E-state index contributed by atoms with van der Waals surface area (Å²) in [6, 6.07) is 4.75. The average Bonchev–Trinajstić information content (AvgIpc) is 2.31. The molecule has 0 aliphatic carbocycles. The van der Waals surface area contributed by atoms with Crippen LogP contribution in [-0.4, -0.2) is 27.2 Å². The predicted molar refractivity (Wildman–Crippen MR) is 74.0 cm³/mol. The summed E-state index contributed by atoms with van der Waals surface area (Å²) in [5.74, 6) is 0.470. The Morgan fingerprint density at radius 2 is 2.00 bits per heavy atom. The van der Waals surface area contributed by atoms with E-state index in [1.54, 1.807) is 18.2 Å². The molecule has 0 saturated heterocycles. The van der Waals surface area contributed by atoms with Gasteiger partial charge in [0, 0.05) is 12.7 Å². The van der Waals surface area contributed by atoms with E-state index in [1.807, 2.05) is 0 Å². The molecule has 100 valence electrons. The Hall–Kier alpha value is -1.24. The van der Waals surface area contributed by atoms with E-state index in [0.717, 1.165) is 11.8 Å². The second-order valence-electron chi connectivity index (χ2n) is 4.03. The van der Waals surface area contributed by atoms with Gasteiger partial charge in [0.25, 0.3) is 0 Å². The van der Waals surface area contributed by atoms with E-state index in [4.69, 9.17) is 11.5 Å². The molecule has 2 atom stereocenters.